The second kappa shape index (κ2) is 8.39. The molecule has 1 aliphatic rings. The Balaban J connectivity index is 1.53. The molecule has 7 nitrogen and oxygen atoms in total. The molecule has 0 atom stereocenters. The highest BCUT2D eigenvalue weighted by Crippen LogP contribution is 2.29. The van der Waals surface area contributed by atoms with E-state index in [1.165, 1.54) is 13.3 Å². The molecule has 2 aromatic heterocycles. The van der Waals surface area contributed by atoms with Crippen LogP contribution in [0.15, 0.2) is 30.7 Å². The normalized spacial score (nSPS) is 19.4. The topological polar surface area (TPSA) is 98.0 Å². The quantitative estimate of drug-likeness (QED) is 0.763. The Hall–Kier alpha value is -3.01. The van der Waals surface area contributed by atoms with E-state index in [1.807, 2.05) is 6.07 Å². The Labute approximate surface area is 152 Å². The van der Waals surface area contributed by atoms with Gasteiger partial charge in [-0.05, 0) is 43.7 Å². The predicted octanol–water partition coefficient (Wildman–Crippen LogP) is 2.91. The van der Waals surface area contributed by atoms with Gasteiger partial charge in [0.05, 0.1) is 18.4 Å². The zero-order valence-electron chi connectivity index (χ0n) is 14.6. The fourth-order valence-electron chi connectivity index (χ4n) is 3.06. The van der Waals surface area contributed by atoms with Crippen molar-refractivity contribution >= 4 is 5.97 Å². The number of carbonyl (C=O) groups excluding carboxylic acids is 1. The van der Waals surface area contributed by atoms with Crippen molar-refractivity contribution in [3.63, 3.8) is 0 Å². The van der Waals surface area contributed by atoms with E-state index in [2.05, 4.69) is 15.0 Å². The van der Waals surface area contributed by atoms with E-state index in [9.17, 15) is 4.79 Å². The average Bonchev–Trinajstić information content (AvgIpc) is 2.70. The zero-order valence-corrected chi connectivity index (χ0v) is 14.6. The van der Waals surface area contributed by atoms with Gasteiger partial charge in [-0.1, -0.05) is 0 Å². The largest absolute Gasteiger partial charge is 0.469 e. The van der Waals surface area contributed by atoms with Gasteiger partial charge in [-0.2, -0.15) is 5.26 Å². The highest BCUT2D eigenvalue weighted by Gasteiger charge is 2.25. The van der Waals surface area contributed by atoms with Crippen LogP contribution in [0.2, 0.25) is 0 Å². The molecule has 26 heavy (non-hydrogen) atoms. The van der Waals surface area contributed by atoms with E-state index < -0.39 is 0 Å². The Kier molecular flexibility index (Phi) is 5.74. The third kappa shape index (κ3) is 4.54. The third-order valence-electron chi connectivity index (χ3n) is 4.57. The molecule has 0 aliphatic heterocycles. The van der Waals surface area contributed by atoms with Gasteiger partial charge in [-0.3, -0.25) is 9.78 Å². The Morgan fingerprint density at radius 1 is 1.15 bits per heavy atom. The molecule has 134 valence electrons. The van der Waals surface area contributed by atoms with E-state index in [0.717, 1.165) is 31.2 Å². The van der Waals surface area contributed by atoms with Crippen molar-refractivity contribution in [2.75, 3.05) is 7.11 Å². The minimum Gasteiger partial charge on any atom is -0.469 e. The first-order chi connectivity index (χ1) is 12.7. The van der Waals surface area contributed by atoms with Crippen LogP contribution in [0.5, 0.6) is 6.01 Å². The van der Waals surface area contributed by atoms with Gasteiger partial charge >= 0.3 is 12.0 Å². The summed E-state index contributed by atoms with van der Waals surface area (Å²) in [6, 6.07) is 5.86. The first kappa shape index (κ1) is 17.8. The van der Waals surface area contributed by atoms with E-state index in [-0.39, 0.29) is 12.1 Å². The van der Waals surface area contributed by atoms with Crippen LogP contribution in [0, 0.1) is 17.2 Å². The number of aromatic nitrogens is 3. The Morgan fingerprint density at radius 2 is 1.88 bits per heavy atom. The number of esters is 1. The molecule has 3 rings (SSSR count). The summed E-state index contributed by atoms with van der Waals surface area (Å²) in [6.45, 7) is 0. The molecule has 1 fully saturated rings. The van der Waals surface area contributed by atoms with Crippen molar-refractivity contribution in [2.24, 2.45) is 5.92 Å². The lowest BCUT2D eigenvalue weighted by Gasteiger charge is -2.27. The number of nitriles is 1. The maximum absolute atomic E-state index is 11.3. The van der Waals surface area contributed by atoms with Crippen LogP contribution >= 0.6 is 0 Å². The number of ether oxygens (including phenoxy) is 2. The Morgan fingerprint density at radius 3 is 2.46 bits per heavy atom. The van der Waals surface area contributed by atoms with Crippen LogP contribution < -0.4 is 4.74 Å². The summed E-state index contributed by atoms with van der Waals surface area (Å²) in [7, 11) is 1.42. The lowest BCUT2D eigenvalue weighted by Crippen LogP contribution is -2.26. The van der Waals surface area contributed by atoms with E-state index in [0.29, 0.717) is 29.6 Å². The third-order valence-corrected chi connectivity index (χ3v) is 4.57. The summed E-state index contributed by atoms with van der Waals surface area (Å²) in [4.78, 5) is 24.1. The first-order valence-electron chi connectivity index (χ1n) is 8.60. The molecule has 1 saturated carbocycles. The van der Waals surface area contributed by atoms with Gasteiger partial charge in [-0.25, -0.2) is 9.97 Å². The van der Waals surface area contributed by atoms with Gasteiger partial charge in [0.1, 0.15) is 12.2 Å². The molecule has 2 aromatic rings. The molecule has 0 aromatic carbocycles. The van der Waals surface area contributed by atoms with Gasteiger partial charge < -0.3 is 9.47 Å². The molecule has 0 unspecified atom stereocenters. The van der Waals surface area contributed by atoms with Crippen LogP contribution in [0.3, 0.4) is 0 Å². The lowest BCUT2D eigenvalue weighted by molar-refractivity contribution is -0.142. The van der Waals surface area contributed by atoms with Crippen molar-refractivity contribution in [3.8, 4) is 23.3 Å². The monoisotopic (exact) mass is 352 g/mol. The number of methoxy groups -OCH3 is 1. The van der Waals surface area contributed by atoms with Gasteiger partial charge in [-0.15, -0.1) is 0 Å². The average molecular weight is 352 g/mol. The Bertz CT molecular complexity index is 776. The predicted molar refractivity (Wildman–Crippen MR) is 93.0 cm³/mol. The first-order valence-corrected chi connectivity index (χ1v) is 8.60. The van der Waals surface area contributed by atoms with Crippen molar-refractivity contribution in [3.05, 3.63) is 36.3 Å². The fraction of sp³-hybridized carbons (Fsp3) is 0.421. The molecule has 0 N–H and O–H groups in total. The fourth-order valence-corrected chi connectivity index (χ4v) is 3.06. The summed E-state index contributed by atoms with van der Waals surface area (Å²) in [5, 5.41) is 8.81. The molecular formula is C19H20N4O3. The number of pyridine rings is 1. The van der Waals surface area contributed by atoms with Crippen LogP contribution in [0.4, 0.5) is 0 Å². The van der Waals surface area contributed by atoms with E-state index >= 15 is 0 Å². The SMILES string of the molecule is COC(=O)C[C@H]1CC[C@H](Oc2ncc(-c3ccc(C#N)cn3)cn2)CC1. The van der Waals surface area contributed by atoms with Gasteiger partial charge in [0.2, 0.25) is 0 Å². The van der Waals surface area contributed by atoms with E-state index in [4.69, 9.17) is 14.7 Å². The van der Waals surface area contributed by atoms with E-state index in [1.54, 1.807) is 24.5 Å². The second-order valence-electron chi connectivity index (χ2n) is 6.34. The highest BCUT2D eigenvalue weighted by molar-refractivity contribution is 5.69. The number of hydrogen-bond donors (Lipinski definition) is 0. The summed E-state index contributed by atoms with van der Waals surface area (Å²) in [5.74, 6) is 0.220. The molecule has 0 spiro atoms. The molecule has 0 amide bonds. The summed E-state index contributed by atoms with van der Waals surface area (Å²) in [5.41, 5.74) is 1.99. The van der Waals surface area contributed by atoms with Crippen LogP contribution in [-0.2, 0) is 9.53 Å². The number of nitrogens with zero attached hydrogens (tertiary/aromatic N) is 4. The number of rotatable bonds is 5. The smallest absolute Gasteiger partial charge is 0.316 e. The zero-order chi connectivity index (χ0) is 18.4. The van der Waals surface area contributed by atoms with Crippen molar-refractivity contribution in [1.82, 2.24) is 15.0 Å². The van der Waals surface area contributed by atoms with Crippen LogP contribution in [0.1, 0.15) is 37.7 Å². The number of carbonyl (C=O) groups is 1. The molecule has 0 bridgehead atoms. The minimum absolute atomic E-state index is 0.0720. The molecule has 7 heteroatoms. The molecular weight excluding hydrogens is 332 g/mol. The summed E-state index contributed by atoms with van der Waals surface area (Å²) >= 11 is 0. The second-order valence-corrected chi connectivity index (χ2v) is 6.34. The maximum atomic E-state index is 11.3. The molecule has 1 aliphatic carbocycles. The molecule has 0 radical (unpaired) electrons. The van der Waals surface area contributed by atoms with Crippen LogP contribution in [-0.4, -0.2) is 34.1 Å². The standard InChI is InChI=1S/C19H20N4O3/c1-25-18(24)8-13-2-5-16(6-3-13)26-19-22-11-15(12-23-19)17-7-4-14(9-20)10-21-17/h4,7,10-13,16H,2-3,5-6,8H2,1H3/t13-,16-. The minimum atomic E-state index is -0.148. The lowest BCUT2D eigenvalue weighted by atomic mass is 9.85. The van der Waals surface area contributed by atoms with Crippen molar-refractivity contribution < 1.29 is 14.3 Å². The maximum Gasteiger partial charge on any atom is 0.316 e. The molecule has 2 heterocycles. The van der Waals surface area contributed by atoms with Gasteiger partial charge in [0, 0.05) is 30.6 Å². The summed E-state index contributed by atoms with van der Waals surface area (Å²) in [6.07, 6.45) is 9.04. The summed E-state index contributed by atoms with van der Waals surface area (Å²) < 4.78 is 10.6. The molecule has 0 saturated heterocycles. The van der Waals surface area contributed by atoms with Crippen molar-refractivity contribution in [2.45, 2.75) is 38.2 Å². The van der Waals surface area contributed by atoms with Crippen LogP contribution in [0.25, 0.3) is 11.3 Å². The highest BCUT2D eigenvalue weighted by atomic mass is 16.5. The number of hydrogen-bond acceptors (Lipinski definition) is 7. The van der Waals surface area contributed by atoms with Crippen molar-refractivity contribution in [1.29, 1.82) is 5.26 Å². The van der Waals surface area contributed by atoms with Gasteiger partial charge in [0.25, 0.3) is 0 Å². The van der Waals surface area contributed by atoms with Gasteiger partial charge in [0.15, 0.2) is 0 Å².